The quantitative estimate of drug-likeness (QED) is 0.433. The van der Waals surface area contributed by atoms with Crippen molar-refractivity contribution in [1.82, 2.24) is 4.90 Å². The van der Waals surface area contributed by atoms with Gasteiger partial charge in [0.1, 0.15) is 5.82 Å². The summed E-state index contributed by atoms with van der Waals surface area (Å²) in [5.74, 6) is -0.214. The molecule has 0 radical (unpaired) electrons. The third-order valence-electron chi connectivity index (χ3n) is 3.31. The standard InChI is InChI=1S/C19H21FN2S/c1-3-13-21-19(23-2)22(14-16-7-5-4-6-8-16)15-17-9-11-18(20)12-10-17/h3-12H,1,13-15H2,2H3. The van der Waals surface area contributed by atoms with Crippen molar-refractivity contribution in [3.63, 3.8) is 0 Å². The Balaban J connectivity index is 2.22. The van der Waals surface area contributed by atoms with Crippen LogP contribution in [0.1, 0.15) is 11.1 Å². The second-order valence-corrected chi connectivity index (χ2v) is 5.86. The summed E-state index contributed by atoms with van der Waals surface area (Å²) in [6.45, 7) is 5.76. The third-order valence-corrected chi connectivity index (χ3v) is 4.06. The van der Waals surface area contributed by atoms with E-state index in [-0.39, 0.29) is 5.82 Å². The van der Waals surface area contributed by atoms with Gasteiger partial charge in [-0.05, 0) is 29.5 Å². The van der Waals surface area contributed by atoms with Gasteiger partial charge in [0.25, 0.3) is 0 Å². The fourth-order valence-corrected chi connectivity index (χ4v) is 2.83. The minimum absolute atomic E-state index is 0.214. The van der Waals surface area contributed by atoms with Gasteiger partial charge in [-0.15, -0.1) is 6.58 Å². The molecule has 120 valence electrons. The molecule has 0 aromatic heterocycles. The summed E-state index contributed by atoms with van der Waals surface area (Å²) in [7, 11) is 0. The molecule has 0 bridgehead atoms. The molecule has 0 fully saturated rings. The summed E-state index contributed by atoms with van der Waals surface area (Å²) < 4.78 is 13.1. The van der Waals surface area contributed by atoms with Crippen molar-refractivity contribution in [2.24, 2.45) is 4.99 Å². The molecule has 0 saturated carbocycles. The van der Waals surface area contributed by atoms with E-state index in [1.54, 1.807) is 17.8 Å². The first kappa shape index (κ1) is 17.3. The van der Waals surface area contributed by atoms with Crippen molar-refractivity contribution in [1.29, 1.82) is 0 Å². The van der Waals surface area contributed by atoms with Crippen molar-refractivity contribution in [3.8, 4) is 0 Å². The molecule has 0 unspecified atom stereocenters. The van der Waals surface area contributed by atoms with Crippen molar-refractivity contribution in [2.75, 3.05) is 12.8 Å². The molecule has 23 heavy (non-hydrogen) atoms. The minimum atomic E-state index is -0.214. The van der Waals surface area contributed by atoms with Gasteiger partial charge in [0.15, 0.2) is 5.17 Å². The smallest absolute Gasteiger partial charge is 0.159 e. The summed E-state index contributed by atoms with van der Waals surface area (Å²) in [5, 5.41) is 0.957. The summed E-state index contributed by atoms with van der Waals surface area (Å²) in [6.07, 6.45) is 3.80. The van der Waals surface area contributed by atoms with Gasteiger partial charge in [0.05, 0.1) is 6.54 Å². The van der Waals surface area contributed by atoms with Gasteiger partial charge in [-0.25, -0.2) is 4.39 Å². The predicted molar refractivity (Wildman–Crippen MR) is 98.1 cm³/mol. The lowest BCUT2D eigenvalue weighted by Gasteiger charge is -2.25. The SMILES string of the molecule is C=CCN=C(SC)N(Cc1ccccc1)Cc1ccc(F)cc1. The summed E-state index contributed by atoms with van der Waals surface area (Å²) in [4.78, 5) is 6.79. The molecule has 2 rings (SSSR count). The molecular weight excluding hydrogens is 307 g/mol. The van der Waals surface area contributed by atoms with Crippen molar-refractivity contribution < 1.29 is 4.39 Å². The highest BCUT2D eigenvalue weighted by Crippen LogP contribution is 2.16. The van der Waals surface area contributed by atoms with Crippen LogP contribution in [0.15, 0.2) is 72.2 Å². The van der Waals surface area contributed by atoms with Crippen LogP contribution in [0.25, 0.3) is 0 Å². The van der Waals surface area contributed by atoms with Crippen LogP contribution in [0.4, 0.5) is 4.39 Å². The number of benzene rings is 2. The van der Waals surface area contributed by atoms with E-state index in [0.717, 1.165) is 17.3 Å². The molecule has 0 atom stereocenters. The summed E-state index contributed by atoms with van der Waals surface area (Å²) in [5.41, 5.74) is 2.28. The Bertz CT molecular complexity index is 638. The molecule has 2 aromatic carbocycles. The van der Waals surface area contributed by atoms with Gasteiger partial charge in [0, 0.05) is 13.1 Å². The Labute approximate surface area is 141 Å². The normalized spacial score (nSPS) is 11.3. The molecule has 0 aliphatic rings. The first-order valence-electron chi connectivity index (χ1n) is 7.45. The highest BCUT2D eigenvalue weighted by molar-refractivity contribution is 8.13. The van der Waals surface area contributed by atoms with Crippen LogP contribution in [0.3, 0.4) is 0 Å². The van der Waals surface area contributed by atoms with E-state index in [2.05, 4.69) is 28.6 Å². The Morgan fingerprint density at radius 1 is 1.09 bits per heavy atom. The van der Waals surface area contributed by atoms with Crippen LogP contribution >= 0.6 is 11.8 Å². The predicted octanol–water partition coefficient (Wildman–Crippen LogP) is 4.73. The first-order chi connectivity index (χ1) is 11.2. The van der Waals surface area contributed by atoms with E-state index >= 15 is 0 Å². The molecule has 0 aliphatic carbocycles. The highest BCUT2D eigenvalue weighted by Gasteiger charge is 2.12. The largest absolute Gasteiger partial charge is 0.343 e. The Hall–Kier alpha value is -2.07. The van der Waals surface area contributed by atoms with E-state index in [9.17, 15) is 4.39 Å². The number of nitrogens with zero attached hydrogens (tertiary/aromatic N) is 2. The van der Waals surface area contributed by atoms with E-state index in [1.165, 1.54) is 17.7 Å². The number of hydrogen-bond donors (Lipinski definition) is 0. The average Bonchev–Trinajstić information content (AvgIpc) is 2.58. The van der Waals surface area contributed by atoms with Crippen LogP contribution < -0.4 is 0 Å². The maximum Gasteiger partial charge on any atom is 0.159 e. The zero-order valence-corrected chi connectivity index (χ0v) is 14.1. The second kappa shape index (κ2) is 9.16. The second-order valence-electron chi connectivity index (χ2n) is 5.08. The summed E-state index contributed by atoms with van der Waals surface area (Å²) in [6, 6.07) is 16.9. The number of hydrogen-bond acceptors (Lipinski definition) is 2. The van der Waals surface area contributed by atoms with Gasteiger partial charge in [0.2, 0.25) is 0 Å². The highest BCUT2D eigenvalue weighted by atomic mass is 32.2. The maximum absolute atomic E-state index is 13.1. The number of thioether (sulfide) groups is 1. The van der Waals surface area contributed by atoms with E-state index < -0.39 is 0 Å². The van der Waals surface area contributed by atoms with Gasteiger partial charge in [-0.2, -0.15) is 0 Å². The molecule has 4 heteroatoms. The lowest BCUT2D eigenvalue weighted by atomic mass is 10.2. The molecule has 0 amide bonds. The number of rotatable bonds is 6. The fraction of sp³-hybridized carbons (Fsp3) is 0.211. The van der Waals surface area contributed by atoms with Crippen LogP contribution in [-0.2, 0) is 13.1 Å². The lowest BCUT2D eigenvalue weighted by Crippen LogP contribution is -2.28. The Kier molecular flexibility index (Phi) is 6.88. The van der Waals surface area contributed by atoms with Crippen LogP contribution in [-0.4, -0.2) is 22.9 Å². The maximum atomic E-state index is 13.1. The molecular formula is C19H21FN2S. The Morgan fingerprint density at radius 2 is 1.70 bits per heavy atom. The van der Waals surface area contributed by atoms with Crippen molar-refractivity contribution in [3.05, 3.63) is 84.2 Å². The van der Waals surface area contributed by atoms with Crippen molar-refractivity contribution in [2.45, 2.75) is 13.1 Å². The van der Waals surface area contributed by atoms with E-state index in [1.807, 2.05) is 36.6 Å². The van der Waals surface area contributed by atoms with Crippen LogP contribution in [0.5, 0.6) is 0 Å². The van der Waals surface area contributed by atoms with Gasteiger partial charge in [-0.1, -0.05) is 60.3 Å². The summed E-state index contributed by atoms with van der Waals surface area (Å²) >= 11 is 1.61. The van der Waals surface area contributed by atoms with E-state index in [0.29, 0.717) is 13.1 Å². The van der Waals surface area contributed by atoms with Gasteiger partial charge in [-0.3, -0.25) is 4.99 Å². The molecule has 0 spiro atoms. The van der Waals surface area contributed by atoms with Crippen LogP contribution in [0, 0.1) is 5.82 Å². The zero-order valence-electron chi connectivity index (χ0n) is 13.3. The third kappa shape index (κ3) is 5.57. The molecule has 0 N–H and O–H groups in total. The van der Waals surface area contributed by atoms with Crippen LogP contribution in [0.2, 0.25) is 0 Å². The molecule has 2 aromatic rings. The minimum Gasteiger partial charge on any atom is -0.343 e. The Morgan fingerprint density at radius 3 is 2.26 bits per heavy atom. The first-order valence-corrected chi connectivity index (χ1v) is 8.68. The zero-order chi connectivity index (χ0) is 16.5. The van der Waals surface area contributed by atoms with Gasteiger partial charge >= 0.3 is 0 Å². The van der Waals surface area contributed by atoms with E-state index in [4.69, 9.17) is 0 Å². The fourth-order valence-electron chi connectivity index (χ4n) is 2.24. The number of amidine groups is 1. The number of aliphatic imine (C=N–C) groups is 1. The molecule has 0 heterocycles. The topological polar surface area (TPSA) is 15.6 Å². The lowest BCUT2D eigenvalue weighted by molar-refractivity contribution is 0.413. The molecule has 0 saturated heterocycles. The number of halogens is 1. The molecule has 0 aliphatic heterocycles. The van der Waals surface area contributed by atoms with Gasteiger partial charge < -0.3 is 4.90 Å². The molecule has 2 nitrogen and oxygen atoms in total. The monoisotopic (exact) mass is 328 g/mol. The van der Waals surface area contributed by atoms with Crippen molar-refractivity contribution >= 4 is 16.9 Å². The average molecular weight is 328 g/mol.